The largest absolute Gasteiger partial charge is 0.495 e. The van der Waals surface area contributed by atoms with Crippen molar-refractivity contribution < 1.29 is 9.53 Å². The number of ether oxygens (including phenoxy) is 1. The van der Waals surface area contributed by atoms with Gasteiger partial charge in [-0.05, 0) is 35.9 Å². The van der Waals surface area contributed by atoms with Crippen molar-refractivity contribution in [1.29, 1.82) is 0 Å². The number of carbonyl (C=O) groups is 1. The highest BCUT2D eigenvalue weighted by molar-refractivity contribution is 5.99. The lowest BCUT2D eigenvalue weighted by atomic mass is 10.1. The van der Waals surface area contributed by atoms with Crippen LogP contribution in [0.3, 0.4) is 0 Å². The molecule has 1 aliphatic heterocycles. The summed E-state index contributed by atoms with van der Waals surface area (Å²) in [5.74, 6) is 1.18. The van der Waals surface area contributed by atoms with Crippen LogP contribution in [0.4, 0.5) is 17.2 Å². The minimum Gasteiger partial charge on any atom is -0.495 e. The van der Waals surface area contributed by atoms with E-state index < -0.39 is 0 Å². The van der Waals surface area contributed by atoms with Crippen molar-refractivity contribution in [2.75, 3.05) is 37.5 Å². The summed E-state index contributed by atoms with van der Waals surface area (Å²) < 4.78 is 5.41. The molecule has 0 saturated carbocycles. The number of hydrogen-bond donors (Lipinski definition) is 1. The topological polar surface area (TPSA) is 57.7 Å². The summed E-state index contributed by atoms with van der Waals surface area (Å²) in [6, 6.07) is 19.4. The molecule has 6 heteroatoms. The Labute approximate surface area is 170 Å². The molecule has 1 aromatic heterocycles. The van der Waals surface area contributed by atoms with Crippen molar-refractivity contribution in [1.82, 2.24) is 9.88 Å². The number of nitrogens with one attached hydrogen (secondary N) is 1. The van der Waals surface area contributed by atoms with Gasteiger partial charge < -0.3 is 19.9 Å². The molecule has 2 heterocycles. The second-order valence-electron chi connectivity index (χ2n) is 7.00. The van der Waals surface area contributed by atoms with E-state index in [0.29, 0.717) is 30.2 Å². The van der Waals surface area contributed by atoms with E-state index in [1.807, 2.05) is 47.4 Å². The van der Waals surface area contributed by atoms with Gasteiger partial charge in [0.25, 0.3) is 5.91 Å². The second kappa shape index (κ2) is 8.22. The van der Waals surface area contributed by atoms with Gasteiger partial charge in [-0.2, -0.15) is 0 Å². The van der Waals surface area contributed by atoms with E-state index in [-0.39, 0.29) is 5.91 Å². The number of anilines is 3. The van der Waals surface area contributed by atoms with E-state index in [4.69, 9.17) is 4.74 Å². The van der Waals surface area contributed by atoms with Crippen LogP contribution in [-0.4, -0.2) is 43.0 Å². The Morgan fingerprint density at radius 1 is 1.03 bits per heavy atom. The van der Waals surface area contributed by atoms with Crippen LogP contribution < -0.4 is 15.0 Å². The molecule has 2 aromatic carbocycles. The van der Waals surface area contributed by atoms with Gasteiger partial charge in [0.1, 0.15) is 11.6 Å². The summed E-state index contributed by atoms with van der Waals surface area (Å²) in [7, 11) is 3.68. The van der Waals surface area contributed by atoms with Crippen molar-refractivity contribution in [3.05, 3.63) is 78.0 Å². The highest BCUT2D eigenvalue weighted by atomic mass is 16.5. The maximum absolute atomic E-state index is 13.4. The first kappa shape index (κ1) is 18.8. The number of fused-ring (bicyclic) bond motifs is 1. The third kappa shape index (κ3) is 3.87. The predicted molar refractivity (Wildman–Crippen MR) is 115 cm³/mol. The van der Waals surface area contributed by atoms with Gasteiger partial charge in [0, 0.05) is 38.6 Å². The van der Waals surface area contributed by atoms with Crippen molar-refractivity contribution in [2.45, 2.75) is 6.54 Å². The van der Waals surface area contributed by atoms with Gasteiger partial charge in [0.2, 0.25) is 0 Å². The van der Waals surface area contributed by atoms with Crippen LogP contribution in [0.5, 0.6) is 5.75 Å². The van der Waals surface area contributed by atoms with Crippen molar-refractivity contribution in [2.24, 2.45) is 0 Å². The van der Waals surface area contributed by atoms with Crippen molar-refractivity contribution in [3.8, 4) is 5.75 Å². The van der Waals surface area contributed by atoms with Crippen LogP contribution in [0.1, 0.15) is 15.9 Å². The third-order valence-electron chi connectivity index (χ3n) is 5.15. The molecule has 6 nitrogen and oxygen atoms in total. The van der Waals surface area contributed by atoms with E-state index in [0.717, 1.165) is 17.8 Å². The molecule has 0 atom stereocenters. The first-order valence-corrected chi connectivity index (χ1v) is 9.61. The lowest BCUT2D eigenvalue weighted by Gasteiger charge is -2.22. The molecule has 0 saturated heterocycles. The Morgan fingerprint density at radius 3 is 2.69 bits per heavy atom. The van der Waals surface area contributed by atoms with Crippen molar-refractivity contribution in [3.63, 3.8) is 0 Å². The molecule has 0 unspecified atom stereocenters. The van der Waals surface area contributed by atoms with Gasteiger partial charge in [-0.1, -0.05) is 30.3 Å². The maximum Gasteiger partial charge on any atom is 0.257 e. The number of likely N-dealkylation sites (N-methyl/N-ethyl adjacent to an activating group) is 1. The molecule has 3 aromatic rings. The quantitative estimate of drug-likeness (QED) is 0.734. The lowest BCUT2D eigenvalue weighted by Crippen LogP contribution is -2.34. The summed E-state index contributed by atoms with van der Waals surface area (Å²) in [4.78, 5) is 21.9. The molecule has 0 radical (unpaired) electrons. The minimum absolute atomic E-state index is 0.0411. The maximum atomic E-state index is 13.4. The Hall–Kier alpha value is -3.54. The Balaban J connectivity index is 1.63. The number of methoxy groups -OCH3 is 1. The summed E-state index contributed by atoms with van der Waals surface area (Å²) in [6.07, 6.45) is 1.68. The molecular formula is C23H24N4O2. The van der Waals surface area contributed by atoms with E-state index in [2.05, 4.69) is 34.4 Å². The van der Waals surface area contributed by atoms with Crippen LogP contribution in [0.2, 0.25) is 0 Å². The lowest BCUT2D eigenvalue weighted by molar-refractivity contribution is 0.0752. The molecular weight excluding hydrogens is 364 g/mol. The number of amides is 1. The van der Waals surface area contributed by atoms with Gasteiger partial charge in [0.15, 0.2) is 0 Å². The first-order chi connectivity index (χ1) is 14.2. The zero-order valence-corrected chi connectivity index (χ0v) is 16.6. The fraction of sp³-hybridized carbons (Fsp3) is 0.217. The molecule has 4 rings (SSSR count). The molecule has 148 valence electrons. The van der Waals surface area contributed by atoms with Crippen LogP contribution in [-0.2, 0) is 6.54 Å². The number of para-hydroxylation sites is 3. The SMILES string of the molecule is COc1ccccc1Nc1ncccc1C(=O)N1CCN(C)c2ccccc2C1. The van der Waals surface area contributed by atoms with Gasteiger partial charge in [-0.25, -0.2) is 4.98 Å². The molecule has 1 aliphatic rings. The fourth-order valence-corrected chi connectivity index (χ4v) is 3.59. The van der Waals surface area contributed by atoms with Crippen molar-refractivity contribution >= 4 is 23.1 Å². The van der Waals surface area contributed by atoms with E-state index in [9.17, 15) is 4.79 Å². The van der Waals surface area contributed by atoms with E-state index >= 15 is 0 Å². The Kier molecular flexibility index (Phi) is 5.33. The second-order valence-corrected chi connectivity index (χ2v) is 7.00. The molecule has 1 N–H and O–H groups in total. The third-order valence-corrected chi connectivity index (χ3v) is 5.15. The first-order valence-electron chi connectivity index (χ1n) is 9.61. The molecule has 0 bridgehead atoms. The van der Waals surface area contributed by atoms with Crippen LogP contribution in [0.25, 0.3) is 0 Å². The van der Waals surface area contributed by atoms with E-state index in [1.165, 1.54) is 5.69 Å². The summed E-state index contributed by atoms with van der Waals surface area (Å²) in [5, 5.41) is 3.26. The highest BCUT2D eigenvalue weighted by Gasteiger charge is 2.24. The number of pyridine rings is 1. The summed E-state index contributed by atoms with van der Waals surface area (Å²) in [5.41, 5.74) is 3.62. The Morgan fingerprint density at radius 2 is 1.83 bits per heavy atom. The number of rotatable bonds is 4. The van der Waals surface area contributed by atoms with Crippen LogP contribution >= 0.6 is 0 Å². The van der Waals surface area contributed by atoms with Crippen LogP contribution in [0, 0.1) is 0 Å². The van der Waals surface area contributed by atoms with Gasteiger partial charge in [0.05, 0.1) is 18.4 Å². The molecule has 0 aliphatic carbocycles. The number of benzene rings is 2. The zero-order valence-electron chi connectivity index (χ0n) is 16.6. The van der Waals surface area contributed by atoms with Gasteiger partial charge in [-0.15, -0.1) is 0 Å². The number of hydrogen-bond acceptors (Lipinski definition) is 5. The van der Waals surface area contributed by atoms with Gasteiger partial charge >= 0.3 is 0 Å². The molecule has 1 amide bonds. The summed E-state index contributed by atoms with van der Waals surface area (Å²) >= 11 is 0. The predicted octanol–water partition coefficient (Wildman–Crippen LogP) is 3.93. The molecule has 0 fully saturated rings. The zero-order chi connectivity index (χ0) is 20.2. The molecule has 29 heavy (non-hydrogen) atoms. The summed E-state index contributed by atoms with van der Waals surface area (Å²) in [6.45, 7) is 1.99. The average molecular weight is 388 g/mol. The van der Waals surface area contributed by atoms with E-state index in [1.54, 1.807) is 19.4 Å². The highest BCUT2D eigenvalue weighted by Crippen LogP contribution is 2.29. The standard InChI is InChI=1S/C23H24N4O2/c1-26-14-15-27(16-17-8-3-5-11-20(17)26)23(28)18-9-7-13-24-22(18)25-19-10-4-6-12-21(19)29-2/h3-13H,14-16H2,1-2H3,(H,24,25). The fourth-order valence-electron chi connectivity index (χ4n) is 3.59. The number of nitrogens with zero attached hydrogens (tertiary/aromatic N) is 3. The van der Waals surface area contributed by atoms with Gasteiger partial charge in [-0.3, -0.25) is 4.79 Å². The molecule has 0 spiro atoms. The van der Waals surface area contributed by atoms with Crippen LogP contribution in [0.15, 0.2) is 66.9 Å². The minimum atomic E-state index is -0.0411. The normalized spacial score (nSPS) is 13.4. The number of carbonyl (C=O) groups excluding carboxylic acids is 1. The number of aromatic nitrogens is 1. The average Bonchev–Trinajstić information content (AvgIpc) is 2.93. The monoisotopic (exact) mass is 388 g/mol. The smallest absolute Gasteiger partial charge is 0.257 e. The Bertz CT molecular complexity index is 1020.